The minimum absolute atomic E-state index is 0.0589. The SMILES string of the molecule is Nc1cc(C=Cc2ccccc2)c([N+](=O)[O-])cn1. The van der Waals surface area contributed by atoms with Crippen molar-refractivity contribution in [2.24, 2.45) is 0 Å². The molecule has 1 aromatic carbocycles. The van der Waals surface area contributed by atoms with E-state index in [1.807, 2.05) is 30.3 Å². The van der Waals surface area contributed by atoms with Crippen LogP contribution in [0, 0.1) is 10.1 Å². The maximum Gasteiger partial charge on any atom is 0.294 e. The summed E-state index contributed by atoms with van der Waals surface area (Å²) in [6.45, 7) is 0. The molecule has 0 amide bonds. The first-order valence-electron chi connectivity index (χ1n) is 5.30. The summed E-state index contributed by atoms with van der Waals surface area (Å²) >= 11 is 0. The highest BCUT2D eigenvalue weighted by molar-refractivity contribution is 5.74. The average Bonchev–Trinajstić information content (AvgIpc) is 2.37. The Morgan fingerprint density at radius 1 is 1.22 bits per heavy atom. The van der Waals surface area contributed by atoms with Gasteiger partial charge in [-0.3, -0.25) is 10.1 Å². The average molecular weight is 241 g/mol. The Labute approximate surface area is 104 Å². The van der Waals surface area contributed by atoms with Crippen LogP contribution in [0.15, 0.2) is 42.6 Å². The zero-order chi connectivity index (χ0) is 13.0. The van der Waals surface area contributed by atoms with Crippen molar-refractivity contribution >= 4 is 23.7 Å². The van der Waals surface area contributed by atoms with Crippen LogP contribution in [0.25, 0.3) is 12.2 Å². The molecule has 0 aliphatic carbocycles. The number of hydrogen-bond donors (Lipinski definition) is 1. The van der Waals surface area contributed by atoms with Gasteiger partial charge in [0.25, 0.3) is 5.69 Å². The van der Waals surface area contributed by atoms with Gasteiger partial charge in [0.2, 0.25) is 0 Å². The summed E-state index contributed by atoms with van der Waals surface area (Å²) in [5, 5.41) is 10.8. The van der Waals surface area contributed by atoms with E-state index in [1.165, 1.54) is 12.3 Å². The molecule has 5 heteroatoms. The maximum atomic E-state index is 10.8. The first-order valence-corrected chi connectivity index (χ1v) is 5.30. The number of rotatable bonds is 3. The summed E-state index contributed by atoms with van der Waals surface area (Å²) in [4.78, 5) is 14.1. The van der Waals surface area contributed by atoms with E-state index in [2.05, 4.69) is 4.98 Å². The van der Waals surface area contributed by atoms with Gasteiger partial charge in [-0.15, -0.1) is 0 Å². The number of nitrogens with zero attached hydrogens (tertiary/aromatic N) is 2. The largest absolute Gasteiger partial charge is 0.384 e. The second kappa shape index (κ2) is 5.09. The second-order valence-electron chi connectivity index (χ2n) is 3.67. The van der Waals surface area contributed by atoms with Crippen LogP contribution >= 0.6 is 0 Å². The molecule has 0 radical (unpaired) electrons. The van der Waals surface area contributed by atoms with Gasteiger partial charge in [-0.25, -0.2) is 4.98 Å². The van der Waals surface area contributed by atoms with E-state index >= 15 is 0 Å². The number of aromatic nitrogens is 1. The molecule has 0 atom stereocenters. The van der Waals surface area contributed by atoms with Crippen LogP contribution < -0.4 is 5.73 Å². The monoisotopic (exact) mass is 241 g/mol. The van der Waals surface area contributed by atoms with Gasteiger partial charge in [0, 0.05) is 0 Å². The Morgan fingerprint density at radius 2 is 1.94 bits per heavy atom. The van der Waals surface area contributed by atoms with E-state index < -0.39 is 4.92 Å². The summed E-state index contributed by atoms with van der Waals surface area (Å²) in [6, 6.07) is 11.0. The van der Waals surface area contributed by atoms with Gasteiger partial charge < -0.3 is 5.73 Å². The van der Waals surface area contributed by atoms with Gasteiger partial charge in [0.1, 0.15) is 12.0 Å². The quantitative estimate of drug-likeness (QED) is 0.661. The lowest BCUT2D eigenvalue weighted by Crippen LogP contribution is -1.96. The highest BCUT2D eigenvalue weighted by atomic mass is 16.6. The lowest BCUT2D eigenvalue weighted by Gasteiger charge is -1.98. The number of benzene rings is 1. The molecule has 0 saturated carbocycles. The van der Waals surface area contributed by atoms with Crippen molar-refractivity contribution in [2.75, 3.05) is 5.73 Å². The van der Waals surface area contributed by atoms with Gasteiger partial charge in [-0.2, -0.15) is 0 Å². The molecular weight excluding hydrogens is 230 g/mol. The third kappa shape index (κ3) is 2.70. The molecule has 0 fully saturated rings. The summed E-state index contributed by atoms with van der Waals surface area (Å²) in [5.41, 5.74) is 6.87. The normalized spacial score (nSPS) is 10.7. The molecule has 0 bridgehead atoms. The van der Waals surface area contributed by atoms with Crippen LogP contribution in [0.5, 0.6) is 0 Å². The molecule has 5 nitrogen and oxygen atoms in total. The van der Waals surface area contributed by atoms with Gasteiger partial charge >= 0.3 is 0 Å². The number of hydrogen-bond acceptors (Lipinski definition) is 4. The molecule has 1 aromatic heterocycles. The maximum absolute atomic E-state index is 10.8. The van der Waals surface area contributed by atoms with Crippen LogP contribution in [0.4, 0.5) is 11.5 Å². The van der Waals surface area contributed by atoms with Crippen molar-refractivity contribution in [3.63, 3.8) is 0 Å². The zero-order valence-electron chi connectivity index (χ0n) is 9.48. The van der Waals surface area contributed by atoms with Crippen molar-refractivity contribution in [1.29, 1.82) is 0 Å². The number of nitrogen functional groups attached to an aromatic ring is 1. The fourth-order valence-electron chi connectivity index (χ4n) is 1.52. The lowest BCUT2D eigenvalue weighted by molar-refractivity contribution is -0.385. The molecular formula is C13H11N3O2. The van der Waals surface area contributed by atoms with Crippen LogP contribution in [0.2, 0.25) is 0 Å². The fourth-order valence-corrected chi connectivity index (χ4v) is 1.52. The molecule has 2 N–H and O–H groups in total. The van der Waals surface area contributed by atoms with Crippen molar-refractivity contribution in [3.05, 3.63) is 63.8 Å². The summed E-state index contributed by atoms with van der Waals surface area (Å²) in [5.74, 6) is 0.258. The van der Waals surface area contributed by atoms with Crippen LogP contribution in [0.3, 0.4) is 0 Å². The number of pyridine rings is 1. The van der Waals surface area contributed by atoms with Crippen LogP contribution in [0.1, 0.15) is 11.1 Å². The number of nitrogens with two attached hydrogens (primary N) is 1. The van der Waals surface area contributed by atoms with E-state index in [0.717, 1.165) is 5.56 Å². The summed E-state index contributed by atoms with van der Waals surface area (Å²) < 4.78 is 0. The molecule has 0 aliphatic heterocycles. The molecule has 2 rings (SSSR count). The van der Waals surface area contributed by atoms with Gasteiger partial charge in [0.05, 0.1) is 10.5 Å². The molecule has 18 heavy (non-hydrogen) atoms. The third-order valence-electron chi connectivity index (χ3n) is 2.39. The molecule has 0 saturated heterocycles. The standard InChI is InChI=1S/C13H11N3O2/c14-13-8-11(12(9-15-13)16(17)18)7-6-10-4-2-1-3-5-10/h1-9H,(H2,14,15). The van der Waals surface area contributed by atoms with Crippen molar-refractivity contribution in [2.45, 2.75) is 0 Å². The molecule has 0 spiro atoms. The summed E-state index contributed by atoms with van der Waals surface area (Å²) in [6.07, 6.45) is 4.62. The molecule has 1 heterocycles. The van der Waals surface area contributed by atoms with E-state index in [1.54, 1.807) is 12.2 Å². The van der Waals surface area contributed by atoms with E-state index in [-0.39, 0.29) is 11.5 Å². The Bertz CT molecular complexity index is 594. The van der Waals surface area contributed by atoms with Gasteiger partial charge in [-0.05, 0) is 17.7 Å². The minimum atomic E-state index is -0.475. The second-order valence-corrected chi connectivity index (χ2v) is 3.67. The van der Waals surface area contributed by atoms with Crippen molar-refractivity contribution in [3.8, 4) is 0 Å². The third-order valence-corrected chi connectivity index (χ3v) is 2.39. The highest BCUT2D eigenvalue weighted by Crippen LogP contribution is 2.21. The van der Waals surface area contributed by atoms with Crippen LogP contribution in [-0.4, -0.2) is 9.91 Å². The molecule has 90 valence electrons. The van der Waals surface area contributed by atoms with Crippen molar-refractivity contribution < 1.29 is 4.92 Å². The number of nitro groups is 1. The highest BCUT2D eigenvalue weighted by Gasteiger charge is 2.11. The smallest absolute Gasteiger partial charge is 0.294 e. The topological polar surface area (TPSA) is 82.0 Å². The first kappa shape index (κ1) is 11.8. The Balaban J connectivity index is 2.36. The predicted molar refractivity (Wildman–Crippen MR) is 70.7 cm³/mol. The fraction of sp³-hybridized carbons (Fsp3) is 0. The van der Waals surface area contributed by atoms with Gasteiger partial charge in [0.15, 0.2) is 0 Å². The van der Waals surface area contributed by atoms with E-state index in [4.69, 9.17) is 5.73 Å². The number of anilines is 1. The first-order chi connectivity index (χ1) is 8.66. The molecule has 2 aromatic rings. The molecule has 0 unspecified atom stereocenters. The van der Waals surface area contributed by atoms with Crippen molar-refractivity contribution in [1.82, 2.24) is 4.98 Å². The lowest BCUT2D eigenvalue weighted by atomic mass is 10.1. The van der Waals surface area contributed by atoms with E-state index in [9.17, 15) is 10.1 Å². The van der Waals surface area contributed by atoms with Crippen LogP contribution in [-0.2, 0) is 0 Å². The summed E-state index contributed by atoms with van der Waals surface area (Å²) in [7, 11) is 0. The molecule has 0 aliphatic rings. The minimum Gasteiger partial charge on any atom is -0.384 e. The van der Waals surface area contributed by atoms with Gasteiger partial charge in [-0.1, -0.05) is 36.4 Å². The predicted octanol–water partition coefficient (Wildman–Crippen LogP) is 2.74. The zero-order valence-corrected chi connectivity index (χ0v) is 9.48. The van der Waals surface area contributed by atoms with E-state index in [0.29, 0.717) is 5.56 Å². The Hall–Kier alpha value is -2.69. The Kier molecular flexibility index (Phi) is 3.33. The Morgan fingerprint density at radius 3 is 2.61 bits per heavy atom.